The minimum Gasteiger partial charge on any atom is -0.368 e. The van der Waals surface area contributed by atoms with E-state index in [1.807, 2.05) is 165 Å². The summed E-state index contributed by atoms with van der Waals surface area (Å²) in [6.07, 6.45) is 1.72. The number of nitrogens with zero attached hydrogens (tertiary/aromatic N) is 4. The summed E-state index contributed by atoms with van der Waals surface area (Å²) in [7, 11) is 0. The summed E-state index contributed by atoms with van der Waals surface area (Å²) in [6, 6.07) is 59.4. The molecule has 4 unspecified atom stereocenters. The summed E-state index contributed by atoms with van der Waals surface area (Å²) in [5.74, 6) is -2.53. The van der Waals surface area contributed by atoms with Crippen LogP contribution in [0.5, 0.6) is 0 Å². The van der Waals surface area contributed by atoms with Gasteiger partial charge >= 0.3 is 0 Å². The third-order valence-corrected chi connectivity index (χ3v) is 16.8. The average molecular weight is 933 g/mol. The van der Waals surface area contributed by atoms with Crippen LogP contribution < -0.4 is 11.5 Å². The van der Waals surface area contributed by atoms with E-state index in [-0.39, 0.29) is 37.2 Å². The van der Waals surface area contributed by atoms with Crippen molar-refractivity contribution in [1.82, 2.24) is 19.6 Å². The number of amides is 4. The Balaban J connectivity index is 1.22. The van der Waals surface area contributed by atoms with Gasteiger partial charge in [-0.3, -0.25) is 29.0 Å². The molecule has 6 aromatic carbocycles. The summed E-state index contributed by atoms with van der Waals surface area (Å²) >= 11 is 0. The van der Waals surface area contributed by atoms with E-state index in [2.05, 4.69) is 34.1 Å². The van der Waals surface area contributed by atoms with E-state index in [1.165, 1.54) is 5.56 Å². The molecule has 4 aliphatic rings. The standard InChI is InChI=1S/C60H64N6O4/c1-56(33-37-64(44-56)42-46-22-10-3-11-23-46)60(53(62)68,66-39-35-58(55(66)70,50-28-16-6-17-29-50)51-30-18-7-19-31-51)59(52(61)67,40-47-32-36-63(43-47)41-45-20-8-2-9-21-45)65-38-34-57(54(65)69,48-24-12-4-13-25-48)49-26-14-5-15-27-49/h2-31,47H,32-44H2,1H3,(H2,61,67)(H2,62,68). The van der Waals surface area contributed by atoms with Crippen LogP contribution in [0.2, 0.25) is 0 Å². The van der Waals surface area contributed by atoms with Crippen molar-refractivity contribution < 1.29 is 19.2 Å². The van der Waals surface area contributed by atoms with Gasteiger partial charge < -0.3 is 21.3 Å². The van der Waals surface area contributed by atoms with Crippen LogP contribution in [0.1, 0.15) is 72.4 Å². The van der Waals surface area contributed by atoms with Crippen LogP contribution in [-0.2, 0) is 43.1 Å². The second-order valence-corrected chi connectivity index (χ2v) is 20.6. The number of hydrogen-bond donors (Lipinski definition) is 2. The second-order valence-electron chi connectivity index (χ2n) is 20.6. The van der Waals surface area contributed by atoms with E-state index in [0.717, 1.165) is 34.4 Å². The van der Waals surface area contributed by atoms with Crippen LogP contribution in [0.25, 0.3) is 0 Å². The topological polar surface area (TPSA) is 133 Å². The van der Waals surface area contributed by atoms with Gasteiger partial charge in [0.05, 0.1) is 0 Å². The first-order valence-electron chi connectivity index (χ1n) is 25.0. The van der Waals surface area contributed by atoms with Gasteiger partial charge in [-0.15, -0.1) is 0 Å². The van der Waals surface area contributed by atoms with Crippen LogP contribution in [-0.4, -0.2) is 93.6 Å². The zero-order valence-electron chi connectivity index (χ0n) is 40.2. The van der Waals surface area contributed by atoms with Gasteiger partial charge in [-0.05, 0) is 84.5 Å². The van der Waals surface area contributed by atoms with E-state index < -0.39 is 39.1 Å². The lowest BCUT2D eigenvalue weighted by atomic mass is 9.54. The van der Waals surface area contributed by atoms with Crippen molar-refractivity contribution in [3.63, 3.8) is 0 Å². The number of carbonyl (C=O) groups excluding carboxylic acids is 4. The van der Waals surface area contributed by atoms with E-state index in [0.29, 0.717) is 58.4 Å². The fourth-order valence-electron chi connectivity index (χ4n) is 13.8. The molecule has 70 heavy (non-hydrogen) atoms. The Hall–Kier alpha value is -6.88. The first-order valence-corrected chi connectivity index (χ1v) is 25.0. The molecule has 4 amide bonds. The highest BCUT2D eigenvalue weighted by Gasteiger charge is 2.78. The summed E-state index contributed by atoms with van der Waals surface area (Å²) in [6.45, 7) is 5.67. The normalized spacial score (nSPS) is 23.0. The Morgan fingerprint density at radius 3 is 1.34 bits per heavy atom. The number of carbonyl (C=O) groups is 4. The smallest absolute Gasteiger partial charge is 0.247 e. The Labute approximate surface area is 412 Å². The highest BCUT2D eigenvalue weighted by Crippen LogP contribution is 2.60. The largest absolute Gasteiger partial charge is 0.368 e. The SMILES string of the molecule is CC1(C(C(N)=O)(N2CCC(c3ccccc3)(c3ccccc3)C2=O)C(CC2CCN(Cc3ccccc3)C2)(C(N)=O)N2CCC(c3ccccc3)(c3ccccc3)C2=O)CCN(Cc2ccccc2)C1. The molecule has 0 aliphatic carbocycles. The van der Waals surface area contributed by atoms with E-state index >= 15 is 19.2 Å². The Morgan fingerprint density at radius 2 is 0.914 bits per heavy atom. The second kappa shape index (κ2) is 18.8. The van der Waals surface area contributed by atoms with Gasteiger partial charge in [0.2, 0.25) is 23.6 Å². The first-order chi connectivity index (χ1) is 34.0. The number of hydrogen-bond acceptors (Lipinski definition) is 6. The van der Waals surface area contributed by atoms with Crippen molar-refractivity contribution in [2.75, 3.05) is 39.3 Å². The van der Waals surface area contributed by atoms with Crippen LogP contribution in [0.15, 0.2) is 182 Å². The maximum absolute atomic E-state index is 16.7. The molecule has 0 aromatic heterocycles. The lowest BCUT2D eigenvalue weighted by Crippen LogP contribution is -2.85. The summed E-state index contributed by atoms with van der Waals surface area (Å²) in [4.78, 5) is 73.6. The molecule has 0 radical (unpaired) electrons. The van der Waals surface area contributed by atoms with Crippen molar-refractivity contribution >= 4 is 23.6 Å². The van der Waals surface area contributed by atoms with Crippen LogP contribution in [0.3, 0.4) is 0 Å². The molecule has 358 valence electrons. The zero-order chi connectivity index (χ0) is 48.6. The first kappa shape index (κ1) is 46.8. The molecule has 4 atom stereocenters. The van der Waals surface area contributed by atoms with Gasteiger partial charge in [-0.2, -0.15) is 0 Å². The molecule has 4 saturated heterocycles. The number of nitrogens with two attached hydrogens (primary N) is 2. The molecule has 10 heteroatoms. The molecule has 0 bridgehead atoms. The van der Waals surface area contributed by atoms with Gasteiger partial charge in [-0.1, -0.05) is 189 Å². The maximum atomic E-state index is 16.7. The summed E-state index contributed by atoms with van der Waals surface area (Å²) < 4.78 is 0. The molecular formula is C60H64N6O4. The van der Waals surface area contributed by atoms with Crippen molar-refractivity contribution in [1.29, 1.82) is 0 Å². The average Bonchev–Trinajstić information content (AvgIpc) is 4.18. The summed E-state index contributed by atoms with van der Waals surface area (Å²) in [5, 5.41) is 0. The quantitative estimate of drug-likeness (QED) is 0.102. The minimum atomic E-state index is -2.15. The fourth-order valence-corrected chi connectivity index (χ4v) is 13.8. The van der Waals surface area contributed by atoms with Crippen molar-refractivity contribution in [2.45, 2.75) is 74.0 Å². The predicted molar refractivity (Wildman–Crippen MR) is 273 cm³/mol. The van der Waals surface area contributed by atoms with Crippen LogP contribution in [0.4, 0.5) is 0 Å². The Bertz CT molecular complexity index is 2740. The van der Waals surface area contributed by atoms with Gasteiger partial charge in [0, 0.05) is 44.7 Å². The van der Waals surface area contributed by atoms with Crippen molar-refractivity contribution in [3.8, 4) is 0 Å². The van der Waals surface area contributed by atoms with Crippen molar-refractivity contribution in [3.05, 3.63) is 215 Å². The summed E-state index contributed by atoms with van der Waals surface area (Å²) in [5.41, 5.74) is 11.9. The molecule has 6 aromatic rings. The number of likely N-dealkylation sites (tertiary alicyclic amines) is 4. The molecular weight excluding hydrogens is 869 g/mol. The number of rotatable bonds is 16. The third kappa shape index (κ3) is 7.46. The van der Waals surface area contributed by atoms with Gasteiger partial charge in [0.1, 0.15) is 10.8 Å². The van der Waals surface area contributed by atoms with E-state index in [4.69, 9.17) is 11.5 Å². The van der Waals surface area contributed by atoms with Crippen LogP contribution >= 0.6 is 0 Å². The van der Waals surface area contributed by atoms with Crippen LogP contribution in [0, 0.1) is 11.3 Å². The monoisotopic (exact) mass is 932 g/mol. The lowest BCUT2D eigenvalue weighted by molar-refractivity contribution is -0.185. The molecule has 4 heterocycles. The Kier molecular flexibility index (Phi) is 12.6. The van der Waals surface area contributed by atoms with Gasteiger partial charge in [-0.25, -0.2) is 0 Å². The van der Waals surface area contributed by atoms with Gasteiger partial charge in [0.25, 0.3) is 0 Å². The predicted octanol–water partition coefficient (Wildman–Crippen LogP) is 7.70. The fraction of sp³-hybridized carbons (Fsp3) is 0.333. The highest BCUT2D eigenvalue weighted by molar-refractivity contribution is 6.08. The molecule has 10 rings (SSSR count). The number of primary amides is 2. The molecule has 10 nitrogen and oxygen atoms in total. The molecule has 4 aliphatic heterocycles. The maximum Gasteiger partial charge on any atom is 0.247 e. The molecule has 4 N–H and O–H groups in total. The molecule has 0 saturated carbocycles. The van der Waals surface area contributed by atoms with E-state index in [1.54, 1.807) is 9.80 Å². The van der Waals surface area contributed by atoms with E-state index in [9.17, 15) is 0 Å². The van der Waals surface area contributed by atoms with Gasteiger partial charge in [0.15, 0.2) is 11.1 Å². The Morgan fingerprint density at radius 1 is 0.514 bits per heavy atom. The minimum absolute atomic E-state index is 0.0314. The molecule has 4 fully saturated rings. The zero-order valence-corrected chi connectivity index (χ0v) is 40.2. The number of benzene rings is 6. The third-order valence-electron chi connectivity index (χ3n) is 16.8. The van der Waals surface area contributed by atoms with Crippen molar-refractivity contribution in [2.24, 2.45) is 22.8 Å². The lowest BCUT2D eigenvalue weighted by Gasteiger charge is -2.62. The molecule has 0 spiro atoms. The highest BCUT2D eigenvalue weighted by atomic mass is 16.2.